The number of hydrogen-bond acceptors (Lipinski definition) is 3. The monoisotopic (exact) mass is 357 g/mol. The molecule has 1 aromatic heterocycles. The quantitative estimate of drug-likeness (QED) is 0.851. The number of amides is 1. The average molecular weight is 358 g/mol. The largest absolute Gasteiger partial charge is 0.362 e. The fourth-order valence-electron chi connectivity index (χ4n) is 3.30. The van der Waals surface area contributed by atoms with Gasteiger partial charge in [0, 0.05) is 19.3 Å². The summed E-state index contributed by atoms with van der Waals surface area (Å²) in [6, 6.07) is 10.0. The van der Waals surface area contributed by atoms with Crippen molar-refractivity contribution in [3.8, 4) is 0 Å². The van der Waals surface area contributed by atoms with Gasteiger partial charge in [0.2, 0.25) is 0 Å². The van der Waals surface area contributed by atoms with Gasteiger partial charge in [-0.3, -0.25) is 4.79 Å². The van der Waals surface area contributed by atoms with E-state index in [4.69, 9.17) is 11.6 Å². The number of likely N-dealkylation sites (tertiary alicyclic amines) is 1. The number of nitrogens with one attached hydrogen (secondary N) is 1. The SMILES string of the molecule is Cc1ccccc1C(C)Nc1ncc(C(=O)N2CCCCC2)cc1Cl. The lowest BCUT2D eigenvalue weighted by molar-refractivity contribution is 0.0724. The van der Waals surface area contributed by atoms with E-state index in [0.29, 0.717) is 16.4 Å². The first-order chi connectivity index (χ1) is 12.1. The molecule has 0 aliphatic carbocycles. The van der Waals surface area contributed by atoms with Gasteiger partial charge >= 0.3 is 0 Å². The molecule has 1 fully saturated rings. The summed E-state index contributed by atoms with van der Waals surface area (Å²) in [6.07, 6.45) is 4.96. The maximum absolute atomic E-state index is 12.6. The summed E-state index contributed by atoms with van der Waals surface area (Å²) in [4.78, 5) is 18.8. The van der Waals surface area contributed by atoms with Crippen molar-refractivity contribution in [2.45, 2.75) is 39.2 Å². The lowest BCUT2D eigenvalue weighted by Crippen LogP contribution is -2.35. The van der Waals surface area contributed by atoms with Crippen LogP contribution < -0.4 is 5.32 Å². The standard InChI is InChI=1S/C20H24ClN3O/c1-14-8-4-5-9-17(14)15(2)23-19-18(21)12-16(13-22-19)20(25)24-10-6-3-7-11-24/h4-5,8-9,12-13,15H,3,6-7,10-11H2,1-2H3,(H,22,23). The van der Waals surface area contributed by atoms with Gasteiger partial charge in [0.25, 0.3) is 5.91 Å². The normalized spacial score (nSPS) is 15.7. The summed E-state index contributed by atoms with van der Waals surface area (Å²) < 4.78 is 0. The number of benzene rings is 1. The Balaban J connectivity index is 1.73. The number of carbonyl (C=O) groups excluding carboxylic acids is 1. The van der Waals surface area contributed by atoms with Gasteiger partial charge in [0.05, 0.1) is 16.6 Å². The van der Waals surface area contributed by atoms with Crippen LogP contribution in [0, 0.1) is 6.92 Å². The number of nitrogens with zero attached hydrogens (tertiary/aromatic N) is 2. The molecule has 1 unspecified atom stereocenters. The Morgan fingerprint density at radius 1 is 1.24 bits per heavy atom. The van der Waals surface area contributed by atoms with Crippen LogP contribution in [0.25, 0.3) is 0 Å². The van der Waals surface area contributed by atoms with Crippen LogP contribution in [0.1, 0.15) is 53.7 Å². The van der Waals surface area contributed by atoms with Crippen molar-refractivity contribution < 1.29 is 4.79 Å². The van der Waals surface area contributed by atoms with Crippen LogP contribution in [-0.2, 0) is 0 Å². The minimum Gasteiger partial charge on any atom is -0.362 e. The summed E-state index contributed by atoms with van der Waals surface area (Å²) >= 11 is 6.39. The first-order valence-corrected chi connectivity index (χ1v) is 9.21. The molecule has 1 aromatic carbocycles. The maximum atomic E-state index is 12.6. The highest BCUT2D eigenvalue weighted by molar-refractivity contribution is 6.33. The molecule has 3 rings (SSSR count). The lowest BCUT2D eigenvalue weighted by atomic mass is 10.0. The minimum absolute atomic E-state index is 0.0209. The number of pyridine rings is 1. The lowest BCUT2D eigenvalue weighted by Gasteiger charge is -2.26. The van der Waals surface area contributed by atoms with E-state index in [1.165, 1.54) is 17.5 Å². The second-order valence-electron chi connectivity index (χ2n) is 6.63. The van der Waals surface area contributed by atoms with Crippen molar-refractivity contribution in [3.63, 3.8) is 0 Å². The van der Waals surface area contributed by atoms with Crippen LogP contribution in [-0.4, -0.2) is 28.9 Å². The molecule has 0 spiro atoms. The zero-order valence-corrected chi connectivity index (χ0v) is 15.5. The number of hydrogen-bond donors (Lipinski definition) is 1. The number of piperidine rings is 1. The summed E-state index contributed by atoms with van der Waals surface area (Å²) in [5, 5.41) is 3.82. The van der Waals surface area contributed by atoms with Crippen molar-refractivity contribution in [1.82, 2.24) is 9.88 Å². The molecule has 1 saturated heterocycles. The van der Waals surface area contributed by atoms with E-state index in [-0.39, 0.29) is 11.9 Å². The smallest absolute Gasteiger partial charge is 0.255 e. The van der Waals surface area contributed by atoms with Gasteiger partial charge < -0.3 is 10.2 Å². The first-order valence-electron chi connectivity index (χ1n) is 8.83. The number of aryl methyl sites for hydroxylation is 1. The number of halogens is 1. The van der Waals surface area contributed by atoms with Crippen LogP contribution in [0.5, 0.6) is 0 Å². The third-order valence-corrected chi connectivity index (χ3v) is 5.03. The predicted octanol–water partition coefficient (Wildman–Crippen LogP) is 4.84. The van der Waals surface area contributed by atoms with Crippen molar-refractivity contribution in [2.24, 2.45) is 0 Å². The zero-order valence-electron chi connectivity index (χ0n) is 14.8. The zero-order chi connectivity index (χ0) is 17.8. The summed E-state index contributed by atoms with van der Waals surface area (Å²) in [5.41, 5.74) is 2.98. The first kappa shape index (κ1) is 17.7. The molecule has 0 saturated carbocycles. The second-order valence-corrected chi connectivity index (χ2v) is 7.04. The number of aromatic nitrogens is 1. The fourth-order valence-corrected chi connectivity index (χ4v) is 3.52. The third-order valence-electron chi connectivity index (χ3n) is 4.74. The van der Waals surface area contributed by atoms with Crippen molar-refractivity contribution in [2.75, 3.05) is 18.4 Å². The van der Waals surface area contributed by atoms with E-state index >= 15 is 0 Å². The van der Waals surface area contributed by atoms with Crippen LogP contribution in [0.2, 0.25) is 5.02 Å². The average Bonchev–Trinajstić information content (AvgIpc) is 2.63. The highest BCUT2D eigenvalue weighted by Gasteiger charge is 2.20. The van der Waals surface area contributed by atoms with E-state index in [9.17, 15) is 4.79 Å². The third kappa shape index (κ3) is 4.13. The Morgan fingerprint density at radius 2 is 1.96 bits per heavy atom. The fraction of sp³-hybridized carbons (Fsp3) is 0.400. The molecule has 4 nitrogen and oxygen atoms in total. The van der Waals surface area contributed by atoms with E-state index in [0.717, 1.165) is 25.9 Å². The minimum atomic E-state index is 0.0209. The molecule has 0 bridgehead atoms. The number of anilines is 1. The molecule has 1 aliphatic heterocycles. The van der Waals surface area contributed by atoms with Gasteiger partial charge in [-0.15, -0.1) is 0 Å². The molecular formula is C20H24ClN3O. The second kappa shape index (κ2) is 7.87. The summed E-state index contributed by atoms with van der Waals surface area (Å²) in [6.45, 7) is 5.80. The van der Waals surface area contributed by atoms with Crippen molar-refractivity contribution in [3.05, 3.63) is 58.2 Å². The molecule has 132 valence electrons. The van der Waals surface area contributed by atoms with Crippen LogP contribution in [0.4, 0.5) is 5.82 Å². The van der Waals surface area contributed by atoms with Crippen LogP contribution >= 0.6 is 11.6 Å². The molecule has 2 heterocycles. The van der Waals surface area contributed by atoms with Gasteiger partial charge in [-0.1, -0.05) is 35.9 Å². The molecule has 1 atom stereocenters. The van der Waals surface area contributed by atoms with E-state index < -0.39 is 0 Å². The van der Waals surface area contributed by atoms with Crippen molar-refractivity contribution >= 4 is 23.3 Å². The van der Waals surface area contributed by atoms with E-state index in [1.807, 2.05) is 17.0 Å². The molecule has 1 N–H and O–H groups in total. The number of carbonyl (C=O) groups is 1. The van der Waals surface area contributed by atoms with Gasteiger partial charge in [0.1, 0.15) is 5.82 Å². The predicted molar refractivity (Wildman–Crippen MR) is 102 cm³/mol. The Hall–Kier alpha value is -2.07. The molecule has 1 aliphatic rings. The van der Waals surface area contributed by atoms with Gasteiger partial charge in [-0.2, -0.15) is 0 Å². The van der Waals surface area contributed by atoms with Gasteiger partial charge in [-0.05, 0) is 50.3 Å². The van der Waals surface area contributed by atoms with Gasteiger partial charge in [-0.25, -0.2) is 4.98 Å². The molecule has 25 heavy (non-hydrogen) atoms. The Bertz CT molecular complexity index is 756. The molecular weight excluding hydrogens is 334 g/mol. The molecule has 0 radical (unpaired) electrons. The Kier molecular flexibility index (Phi) is 5.59. The maximum Gasteiger partial charge on any atom is 0.255 e. The van der Waals surface area contributed by atoms with Crippen LogP contribution in [0.3, 0.4) is 0 Å². The summed E-state index contributed by atoms with van der Waals surface area (Å²) in [5.74, 6) is 0.625. The Morgan fingerprint density at radius 3 is 2.64 bits per heavy atom. The number of rotatable bonds is 4. The Labute approximate surface area is 154 Å². The van der Waals surface area contributed by atoms with Gasteiger partial charge in [0.15, 0.2) is 0 Å². The summed E-state index contributed by atoms with van der Waals surface area (Å²) in [7, 11) is 0. The highest BCUT2D eigenvalue weighted by Crippen LogP contribution is 2.27. The molecule has 2 aromatic rings. The van der Waals surface area contributed by atoms with Crippen molar-refractivity contribution in [1.29, 1.82) is 0 Å². The molecule has 5 heteroatoms. The topological polar surface area (TPSA) is 45.2 Å². The van der Waals surface area contributed by atoms with E-state index in [2.05, 4.69) is 36.3 Å². The van der Waals surface area contributed by atoms with E-state index in [1.54, 1.807) is 12.3 Å². The molecule has 1 amide bonds. The van der Waals surface area contributed by atoms with Crippen LogP contribution in [0.15, 0.2) is 36.5 Å². The highest BCUT2D eigenvalue weighted by atomic mass is 35.5.